The van der Waals surface area contributed by atoms with Crippen molar-refractivity contribution in [3.8, 4) is 0 Å². The molecule has 3 rings (SSSR count). The van der Waals surface area contributed by atoms with E-state index in [2.05, 4.69) is 27.2 Å². The Morgan fingerprint density at radius 2 is 2.12 bits per heavy atom. The monoisotopic (exact) mass is 344 g/mol. The van der Waals surface area contributed by atoms with Crippen molar-refractivity contribution in [1.29, 1.82) is 0 Å². The van der Waals surface area contributed by atoms with Crippen LogP contribution in [-0.2, 0) is 6.54 Å². The van der Waals surface area contributed by atoms with Crippen LogP contribution in [0.15, 0.2) is 23.7 Å². The number of pyridine rings is 1. The molecule has 2 aromatic heterocycles. The Labute approximate surface area is 147 Å². The van der Waals surface area contributed by atoms with Gasteiger partial charge in [0.1, 0.15) is 10.8 Å². The van der Waals surface area contributed by atoms with Crippen molar-refractivity contribution in [3.05, 3.63) is 40.0 Å². The van der Waals surface area contributed by atoms with Crippen molar-refractivity contribution in [2.24, 2.45) is 5.92 Å². The van der Waals surface area contributed by atoms with Gasteiger partial charge in [0.2, 0.25) is 0 Å². The normalized spacial score (nSPS) is 15.5. The predicted molar refractivity (Wildman–Crippen MR) is 97.5 cm³/mol. The Hall–Kier alpha value is -1.95. The second kappa shape index (κ2) is 7.30. The molecule has 0 aliphatic carbocycles. The van der Waals surface area contributed by atoms with E-state index in [1.165, 1.54) is 0 Å². The van der Waals surface area contributed by atoms with Crippen LogP contribution in [0.25, 0.3) is 0 Å². The summed E-state index contributed by atoms with van der Waals surface area (Å²) >= 11 is 1.66. The lowest BCUT2D eigenvalue weighted by Gasteiger charge is -2.30. The summed E-state index contributed by atoms with van der Waals surface area (Å²) in [6, 6.07) is 3.80. The zero-order valence-corrected chi connectivity index (χ0v) is 15.3. The molecule has 0 radical (unpaired) electrons. The van der Waals surface area contributed by atoms with Crippen LogP contribution in [0.4, 0.5) is 5.82 Å². The topological polar surface area (TPSA) is 49.3 Å². The first-order valence-electron chi connectivity index (χ1n) is 8.40. The van der Waals surface area contributed by atoms with E-state index in [0.717, 1.165) is 54.9 Å². The molecule has 6 heteroatoms. The Bertz CT molecular complexity index is 689. The van der Waals surface area contributed by atoms with Gasteiger partial charge in [-0.3, -0.25) is 4.79 Å². The lowest BCUT2D eigenvalue weighted by atomic mass is 9.99. The van der Waals surface area contributed by atoms with Crippen molar-refractivity contribution in [2.75, 3.05) is 25.0 Å². The van der Waals surface area contributed by atoms with Crippen LogP contribution in [0.2, 0.25) is 0 Å². The summed E-state index contributed by atoms with van der Waals surface area (Å²) in [4.78, 5) is 25.5. The standard InChI is InChI=1S/C18H24N4OS/c1-13-6-8-22(9-7-13)18(23)15-4-5-16(19-10-15)21(3)11-17-20-14(2)12-24-17/h4-5,10,12-13H,6-9,11H2,1-3H3. The number of likely N-dealkylation sites (tertiary alicyclic amines) is 1. The van der Waals surface area contributed by atoms with Crippen LogP contribution in [0, 0.1) is 12.8 Å². The summed E-state index contributed by atoms with van der Waals surface area (Å²) in [5, 5.41) is 3.12. The minimum Gasteiger partial charge on any atom is -0.353 e. The quantitative estimate of drug-likeness (QED) is 0.853. The average molecular weight is 344 g/mol. The highest BCUT2D eigenvalue weighted by Gasteiger charge is 2.21. The molecule has 0 saturated carbocycles. The maximum atomic E-state index is 12.5. The van der Waals surface area contributed by atoms with Crippen molar-refractivity contribution in [3.63, 3.8) is 0 Å². The minimum atomic E-state index is 0.0964. The van der Waals surface area contributed by atoms with E-state index in [1.807, 2.05) is 31.0 Å². The van der Waals surface area contributed by atoms with E-state index in [9.17, 15) is 4.79 Å². The summed E-state index contributed by atoms with van der Waals surface area (Å²) < 4.78 is 0. The first kappa shape index (κ1) is 16.9. The second-order valence-corrected chi connectivity index (χ2v) is 7.56. The molecule has 2 aromatic rings. The molecule has 1 aliphatic rings. The third-order valence-electron chi connectivity index (χ3n) is 4.50. The van der Waals surface area contributed by atoms with Gasteiger partial charge >= 0.3 is 0 Å². The number of nitrogens with zero attached hydrogens (tertiary/aromatic N) is 4. The average Bonchev–Trinajstić information content (AvgIpc) is 3.00. The maximum absolute atomic E-state index is 12.5. The number of carbonyl (C=O) groups is 1. The van der Waals surface area contributed by atoms with Gasteiger partial charge in [0.25, 0.3) is 5.91 Å². The lowest BCUT2D eigenvalue weighted by Crippen LogP contribution is -2.37. The molecule has 3 heterocycles. The molecule has 0 atom stereocenters. The second-order valence-electron chi connectivity index (χ2n) is 6.62. The summed E-state index contributed by atoms with van der Waals surface area (Å²) in [5.74, 6) is 1.67. The molecule has 0 aromatic carbocycles. The molecule has 1 amide bonds. The Morgan fingerprint density at radius 3 is 2.71 bits per heavy atom. The molecule has 0 N–H and O–H groups in total. The van der Waals surface area contributed by atoms with E-state index in [4.69, 9.17) is 0 Å². The van der Waals surface area contributed by atoms with Crippen molar-refractivity contribution in [2.45, 2.75) is 33.2 Å². The van der Waals surface area contributed by atoms with E-state index < -0.39 is 0 Å². The summed E-state index contributed by atoms with van der Waals surface area (Å²) in [7, 11) is 1.99. The molecular formula is C18H24N4OS. The molecule has 1 aliphatic heterocycles. The van der Waals surface area contributed by atoms with Gasteiger partial charge in [0, 0.05) is 37.4 Å². The number of aromatic nitrogens is 2. The minimum absolute atomic E-state index is 0.0964. The zero-order chi connectivity index (χ0) is 17.1. The van der Waals surface area contributed by atoms with Crippen LogP contribution < -0.4 is 4.90 Å². The van der Waals surface area contributed by atoms with Crippen molar-refractivity contribution < 1.29 is 4.79 Å². The smallest absolute Gasteiger partial charge is 0.255 e. The first-order valence-corrected chi connectivity index (χ1v) is 9.28. The summed E-state index contributed by atoms with van der Waals surface area (Å²) in [6.07, 6.45) is 3.87. The van der Waals surface area contributed by atoms with E-state index >= 15 is 0 Å². The fourth-order valence-corrected chi connectivity index (χ4v) is 3.72. The Kier molecular flexibility index (Phi) is 5.14. The van der Waals surface area contributed by atoms with E-state index in [1.54, 1.807) is 17.5 Å². The van der Waals surface area contributed by atoms with Crippen LogP contribution in [0.3, 0.4) is 0 Å². The fraction of sp³-hybridized carbons (Fsp3) is 0.500. The molecule has 0 unspecified atom stereocenters. The van der Waals surface area contributed by atoms with Gasteiger partial charge < -0.3 is 9.80 Å². The molecular weight excluding hydrogens is 320 g/mol. The number of anilines is 1. The maximum Gasteiger partial charge on any atom is 0.255 e. The van der Waals surface area contributed by atoms with Gasteiger partial charge in [-0.2, -0.15) is 0 Å². The van der Waals surface area contributed by atoms with Crippen LogP contribution in [0.1, 0.15) is 40.8 Å². The Morgan fingerprint density at radius 1 is 1.38 bits per heavy atom. The largest absolute Gasteiger partial charge is 0.353 e. The fourth-order valence-electron chi connectivity index (χ4n) is 2.89. The number of carbonyl (C=O) groups excluding carboxylic acids is 1. The highest BCUT2D eigenvalue weighted by atomic mass is 32.1. The van der Waals surface area contributed by atoms with Crippen LogP contribution >= 0.6 is 11.3 Å². The van der Waals surface area contributed by atoms with Gasteiger partial charge in [-0.25, -0.2) is 9.97 Å². The van der Waals surface area contributed by atoms with Gasteiger partial charge in [0.15, 0.2) is 0 Å². The van der Waals surface area contributed by atoms with Gasteiger partial charge in [-0.1, -0.05) is 6.92 Å². The number of amides is 1. The molecule has 128 valence electrons. The third kappa shape index (κ3) is 3.93. The number of thiazole rings is 1. The molecule has 0 spiro atoms. The van der Waals surface area contributed by atoms with Gasteiger partial charge in [-0.15, -0.1) is 11.3 Å². The zero-order valence-electron chi connectivity index (χ0n) is 14.5. The van der Waals surface area contributed by atoms with Crippen molar-refractivity contribution in [1.82, 2.24) is 14.9 Å². The SMILES string of the molecule is Cc1csc(CN(C)c2ccc(C(=O)N3CCC(C)CC3)cn2)n1. The predicted octanol–water partition coefficient (Wildman–Crippen LogP) is 3.36. The highest BCUT2D eigenvalue weighted by Crippen LogP contribution is 2.20. The number of aryl methyl sites for hydroxylation is 1. The molecule has 1 fully saturated rings. The number of piperidine rings is 1. The molecule has 5 nitrogen and oxygen atoms in total. The first-order chi connectivity index (χ1) is 11.5. The summed E-state index contributed by atoms with van der Waals surface area (Å²) in [5.41, 5.74) is 1.72. The van der Waals surface area contributed by atoms with E-state index in [0.29, 0.717) is 5.56 Å². The molecule has 1 saturated heterocycles. The molecule has 0 bridgehead atoms. The van der Waals surface area contributed by atoms with E-state index in [-0.39, 0.29) is 5.91 Å². The van der Waals surface area contributed by atoms with Gasteiger partial charge in [0.05, 0.1) is 12.1 Å². The highest BCUT2D eigenvalue weighted by molar-refractivity contribution is 7.09. The molecule has 24 heavy (non-hydrogen) atoms. The van der Waals surface area contributed by atoms with Gasteiger partial charge in [-0.05, 0) is 37.8 Å². The third-order valence-corrected chi connectivity index (χ3v) is 5.45. The van der Waals surface area contributed by atoms with Crippen molar-refractivity contribution >= 4 is 23.1 Å². The Balaban J connectivity index is 1.63. The van der Waals surface area contributed by atoms with Crippen LogP contribution in [0.5, 0.6) is 0 Å². The number of rotatable bonds is 4. The van der Waals surface area contributed by atoms with Crippen LogP contribution in [-0.4, -0.2) is 40.9 Å². The summed E-state index contributed by atoms with van der Waals surface area (Å²) in [6.45, 7) is 6.68. The lowest BCUT2D eigenvalue weighted by molar-refractivity contribution is 0.0697. The number of hydrogen-bond acceptors (Lipinski definition) is 5. The number of hydrogen-bond donors (Lipinski definition) is 0.